The first-order valence-electron chi connectivity index (χ1n) is 41.3. The minimum absolute atomic E-state index is 0.0247. The van der Waals surface area contributed by atoms with Crippen LogP contribution in [-0.2, 0) is 65.4 Å². The molecule has 0 bridgehead atoms. The lowest BCUT2D eigenvalue weighted by Gasteiger charge is -2.21. The molecule has 0 aliphatic rings. The van der Waals surface area contributed by atoms with E-state index in [2.05, 4.69) is 204 Å². The van der Waals surface area contributed by atoms with E-state index in [1.807, 2.05) is 30.4 Å². The summed E-state index contributed by atoms with van der Waals surface area (Å²) in [4.78, 5) is 73.2. The van der Waals surface area contributed by atoms with Crippen LogP contribution < -0.4 is 0 Å². The van der Waals surface area contributed by atoms with Gasteiger partial charge in [0.2, 0.25) is 0 Å². The predicted octanol–water partition coefficient (Wildman–Crippen LogP) is 24.7. The van der Waals surface area contributed by atoms with Gasteiger partial charge in [0.15, 0.2) is 12.2 Å². The Morgan fingerprint density at radius 1 is 0.255 bits per heavy atom. The van der Waals surface area contributed by atoms with Gasteiger partial charge in [0, 0.05) is 25.7 Å². The molecule has 110 heavy (non-hydrogen) atoms. The maximum absolute atomic E-state index is 13.1. The molecular formula is C91H144O17P2. The van der Waals surface area contributed by atoms with Crippen LogP contribution in [0.3, 0.4) is 0 Å². The Labute approximate surface area is 665 Å². The smallest absolute Gasteiger partial charge is 0.462 e. The zero-order valence-electron chi connectivity index (χ0n) is 67.8. The van der Waals surface area contributed by atoms with E-state index in [9.17, 15) is 43.2 Å². The van der Waals surface area contributed by atoms with Crippen molar-refractivity contribution in [1.82, 2.24) is 0 Å². The van der Waals surface area contributed by atoms with Crippen LogP contribution in [0.1, 0.15) is 285 Å². The van der Waals surface area contributed by atoms with Crippen molar-refractivity contribution < 1.29 is 80.2 Å². The van der Waals surface area contributed by atoms with Gasteiger partial charge in [-0.2, -0.15) is 0 Å². The molecule has 0 aliphatic heterocycles. The molecule has 19 heteroatoms. The first-order chi connectivity index (χ1) is 53.7. The maximum atomic E-state index is 13.1. The Morgan fingerprint density at radius 2 is 0.473 bits per heavy atom. The SMILES string of the molecule is CC/C=C\C/C=C\C/C=C\C/C=C\C/C=C\C/C=C\CCC(=O)OCC(COP(=O)(O)OCC(O)COP(=O)(O)OCC(COC(=O)CCC/C=C\C/C=C\C/C=C\C/C=C\C/C=C\CC)OC(=O)CCCCCCCCC/C=C\C/C=C\C/C=C\CC)OC(=O)CCCCCCCCC/C=C\C/C=C\C/C=C\CC. The Hall–Kier alpha value is -6.36. The molecule has 0 amide bonds. The third-order valence-electron chi connectivity index (χ3n) is 16.2. The van der Waals surface area contributed by atoms with Gasteiger partial charge in [-0.05, 0) is 167 Å². The van der Waals surface area contributed by atoms with Gasteiger partial charge >= 0.3 is 39.5 Å². The fraction of sp³-hybridized carbons (Fsp3) is 0.582. The zero-order valence-corrected chi connectivity index (χ0v) is 69.6. The number of rotatable bonds is 75. The molecule has 5 unspecified atom stereocenters. The van der Waals surface area contributed by atoms with Gasteiger partial charge < -0.3 is 33.8 Å². The number of esters is 4. The fourth-order valence-electron chi connectivity index (χ4n) is 10.1. The highest BCUT2D eigenvalue weighted by molar-refractivity contribution is 7.47. The van der Waals surface area contributed by atoms with Crippen molar-refractivity contribution in [3.8, 4) is 0 Å². The summed E-state index contributed by atoms with van der Waals surface area (Å²) in [7, 11) is -10.0. The van der Waals surface area contributed by atoms with Gasteiger partial charge in [0.25, 0.3) is 0 Å². The molecule has 5 atom stereocenters. The van der Waals surface area contributed by atoms with Crippen molar-refractivity contribution in [2.45, 2.75) is 303 Å². The summed E-state index contributed by atoms with van der Waals surface area (Å²) >= 11 is 0. The molecule has 0 heterocycles. The molecule has 0 aromatic rings. The second-order valence-corrected chi connectivity index (χ2v) is 29.4. The van der Waals surface area contributed by atoms with Crippen LogP contribution in [0.15, 0.2) is 207 Å². The molecule has 0 aromatic carbocycles. The highest BCUT2D eigenvalue weighted by Gasteiger charge is 2.30. The van der Waals surface area contributed by atoms with Crippen LogP contribution in [0.5, 0.6) is 0 Å². The van der Waals surface area contributed by atoms with E-state index in [0.717, 1.165) is 193 Å². The van der Waals surface area contributed by atoms with Crippen LogP contribution >= 0.6 is 15.6 Å². The lowest BCUT2D eigenvalue weighted by molar-refractivity contribution is -0.161. The van der Waals surface area contributed by atoms with Crippen molar-refractivity contribution in [3.05, 3.63) is 207 Å². The summed E-state index contributed by atoms with van der Waals surface area (Å²) in [6.45, 7) is 4.24. The maximum Gasteiger partial charge on any atom is 0.472 e. The molecule has 0 saturated heterocycles. The van der Waals surface area contributed by atoms with Gasteiger partial charge in [-0.25, -0.2) is 9.13 Å². The lowest BCUT2D eigenvalue weighted by atomic mass is 10.1. The number of hydrogen-bond acceptors (Lipinski definition) is 15. The number of ether oxygens (including phenoxy) is 4. The quantitative estimate of drug-likeness (QED) is 0.0169. The number of aliphatic hydroxyl groups is 1. The number of phosphoric acid groups is 2. The van der Waals surface area contributed by atoms with E-state index < -0.39 is 97.5 Å². The zero-order chi connectivity index (χ0) is 80.3. The number of phosphoric ester groups is 2. The summed E-state index contributed by atoms with van der Waals surface area (Å²) in [6.07, 6.45) is 101. The molecule has 0 aromatic heterocycles. The third kappa shape index (κ3) is 79.7. The standard InChI is InChI=1S/C91H144O17P2/c1-5-9-13-17-21-25-29-33-37-41-42-46-48-52-56-60-64-68-72-76-89(94)102-82-87(108-91(96)78-74-70-66-62-58-54-50-45-40-36-32-28-24-20-16-12-8-4)84-106-110(99,100)104-80-85(92)79-103-109(97,98)105-83-86(107-90(95)77-73-69-65-61-57-53-49-44-39-35-31-27-23-19-15-11-7-3)81-101-88(93)75-71-67-63-59-55-51-47-43-38-34-30-26-22-18-14-10-6-2/h9-16,21-28,33-40,42,46-47,51-52,56,59,63-64,68,85-87,92H,5-8,17-20,29-32,41,43-45,48-50,53-55,57-58,60-62,65-67,69-84H2,1-4H3,(H,97,98)(H,99,100)/b13-9-,14-10-,15-11-,16-12-,25-21-,26-22-,27-23-,28-24-,37-33-,38-34-,39-35-,40-36-,46-42-,51-47-,56-52-,63-59-,68-64-. The predicted molar refractivity (Wildman–Crippen MR) is 454 cm³/mol. The molecule has 620 valence electrons. The molecule has 0 aliphatic carbocycles. The first-order valence-corrected chi connectivity index (χ1v) is 44.3. The first kappa shape index (κ1) is 104. The summed E-state index contributed by atoms with van der Waals surface area (Å²) < 4.78 is 68.6. The second kappa shape index (κ2) is 80.7. The molecular weight excluding hydrogens is 1430 g/mol. The van der Waals surface area contributed by atoms with E-state index in [1.54, 1.807) is 0 Å². The summed E-state index contributed by atoms with van der Waals surface area (Å²) in [5.41, 5.74) is 0. The number of carbonyl (C=O) groups excluding carboxylic acids is 4. The highest BCUT2D eigenvalue weighted by atomic mass is 31.2. The molecule has 17 nitrogen and oxygen atoms in total. The summed E-state index contributed by atoms with van der Waals surface area (Å²) in [6, 6.07) is 0. The fourth-order valence-corrected chi connectivity index (χ4v) is 11.7. The normalized spacial score (nSPS) is 14.9. The van der Waals surface area contributed by atoms with E-state index in [0.29, 0.717) is 38.5 Å². The number of allylic oxidation sites excluding steroid dienone is 34. The molecule has 0 radical (unpaired) electrons. The van der Waals surface area contributed by atoms with E-state index in [1.165, 1.54) is 0 Å². The summed E-state index contributed by atoms with van der Waals surface area (Å²) in [5.74, 6) is -2.38. The van der Waals surface area contributed by atoms with Crippen LogP contribution in [-0.4, -0.2) is 96.7 Å². The number of carbonyl (C=O) groups is 4. The number of aliphatic hydroxyl groups excluding tert-OH is 1. The minimum atomic E-state index is -5.02. The van der Waals surface area contributed by atoms with Crippen molar-refractivity contribution in [2.75, 3.05) is 39.6 Å². The number of unbranched alkanes of at least 4 members (excludes halogenated alkanes) is 15. The molecule has 0 saturated carbocycles. The summed E-state index contributed by atoms with van der Waals surface area (Å²) in [5, 5.41) is 10.7. The molecule has 0 fully saturated rings. The highest BCUT2D eigenvalue weighted by Crippen LogP contribution is 2.45. The van der Waals surface area contributed by atoms with Crippen LogP contribution in [0.2, 0.25) is 0 Å². The molecule has 0 rings (SSSR count). The van der Waals surface area contributed by atoms with Crippen LogP contribution in [0.4, 0.5) is 0 Å². The van der Waals surface area contributed by atoms with Gasteiger partial charge in [-0.3, -0.25) is 37.3 Å². The third-order valence-corrected chi connectivity index (χ3v) is 18.1. The van der Waals surface area contributed by atoms with E-state index >= 15 is 0 Å². The van der Waals surface area contributed by atoms with Crippen molar-refractivity contribution in [2.24, 2.45) is 0 Å². The molecule has 3 N–H and O–H groups in total. The monoisotopic (exact) mass is 1570 g/mol. The van der Waals surface area contributed by atoms with Crippen molar-refractivity contribution in [1.29, 1.82) is 0 Å². The Bertz CT molecular complexity index is 2900. The van der Waals surface area contributed by atoms with E-state index in [-0.39, 0.29) is 25.7 Å². The Balaban J connectivity index is 5.53. The largest absolute Gasteiger partial charge is 0.472 e. The van der Waals surface area contributed by atoms with Gasteiger partial charge in [0.05, 0.1) is 26.4 Å². The van der Waals surface area contributed by atoms with Crippen LogP contribution in [0, 0.1) is 0 Å². The second-order valence-electron chi connectivity index (χ2n) is 26.5. The van der Waals surface area contributed by atoms with Crippen molar-refractivity contribution >= 4 is 39.5 Å². The Kier molecular flexibility index (Phi) is 76.0. The minimum Gasteiger partial charge on any atom is -0.462 e. The van der Waals surface area contributed by atoms with Gasteiger partial charge in [-0.1, -0.05) is 298 Å². The number of hydrogen-bond donors (Lipinski definition) is 3. The van der Waals surface area contributed by atoms with Gasteiger partial charge in [-0.15, -0.1) is 0 Å². The average molecular weight is 1570 g/mol. The topological polar surface area (TPSA) is 237 Å². The van der Waals surface area contributed by atoms with E-state index in [4.69, 9.17) is 37.0 Å². The van der Waals surface area contributed by atoms with Crippen molar-refractivity contribution in [3.63, 3.8) is 0 Å². The van der Waals surface area contributed by atoms with Crippen LogP contribution in [0.25, 0.3) is 0 Å². The lowest BCUT2D eigenvalue weighted by Crippen LogP contribution is -2.30. The molecule has 0 spiro atoms. The van der Waals surface area contributed by atoms with Gasteiger partial charge in [0.1, 0.15) is 19.3 Å². The Morgan fingerprint density at radius 3 is 0.764 bits per heavy atom. The average Bonchev–Trinajstić information content (AvgIpc) is 0.906.